The number of benzene rings is 1. The lowest BCUT2D eigenvalue weighted by molar-refractivity contribution is 0.319. The minimum Gasteiger partial charge on any atom is -0.493 e. The molecule has 2 heterocycles. The van der Waals surface area contributed by atoms with Gasteiger partial charge in [-0.25, -0.2) is 4.98 Å². The first-order valence-corrected chi connectivity index (χ1v) is 5.79. The monoisotopic (exact) mass is 229 g/mol. The minimum atomic E-state index is 0.408. The Morgan fingerprint density at radius 3 is 3.12 bits per heavy atom. The summed E-state index contributed by atoms with van der Waals surface area (Å²) in [5.74, 6) is 1.42. The molecule has 0 saturated heterocycles. The molecular formula is C13H15N3O. The van der Waals surface area contributed by atoms with Crippen LogP contribution in [0.1, 0.15) is 17.2 Å². The van der Waals surface area contributed by atoms with Crippen molar-refractivity contribution in [1.82, 2.24) is 9.55 Å². The van der Waals surface area contributed by atoms with Crippen LogP contribution in [0.5, 0.6) is 5.75 Å². The third-order valence-electron chi connectivity index (χ3n) is 3.13. The van der Waals surface area contributed by atoms with Crippen LogP contribution in [0.3, 0.4) is 0 Å². The molecule has 2 aromatic rings. The fraction of sp³-hybridized carbons (Fsp3) is 0.308. The molecule has 1 unspecified atom stereocenters. The maximum absolute atomic E-state index is 5.66. The van der Waals surface area contributed by atoms with Gasteiger partial charge in [0.15, 0.2) is 0 Å². The number of ether oxygens (including phenoxy) is 1. The Morgan fingerprint density at radius 1 is 1.41 bits per heavy atom. The van der Waals surface area contributed by atoms with Gasteiger partial charge in [0.1, 0.15) is 5.75 Å². The van der Waals surface area contributed by atoms with Crippen LogP contribution in [-0.2, 0) is 13.1 Å². The van der Waals surface area contributed by atoms with Gasteiger partial charge in [0.05, 0.1) is 18.6 Å². The topological polar surface area (TPSA) is 53.1 Å². The highest BCUT2D eigenvalue weighted by molar-refractivity contribution is 5.39. The number of fused-ring (bicyclic) bond motifs is 1. The molecule has 4 heteroatoms. The van der Waals surface area contributed by atoms with Crippen LogP contribution in [-0.4, -0.2) is 16.2 Å². The standard InChI is InChI=1S/C13H15N3O/c14-5-11-7-16(9-15-11)6-10-8-17-13-4-2-1-3-12(10)13/h1-4,7,9-10H,5-6,8,14H2. The predicted molar refractivity (Wildman–Crippen MR) is 64.8 cm³/mol. The Morgan fingerprint density at radius 2 is 2.29 bits per heavy atom. The Bertz CT molecular complexity index is 521. The zero-order chi connectivity index (χ0) is 11.7. The molecule has 0 amide bonds. The van der Waals surface area contributed by atoms with E-state index in [1.165, 1.54) is 5.56 Å². The van der Waals surface area contributed by atoms with Crippen molar-refractivity contribution in [3.63, 3.8) is 0 Å². The molecule has 1 aliphatic rings. The van der Waals surface area contributed by atoms with Crippen LogP contribution >= 0.6 is 0 Å². The van der Waals surface area contributed by atoms with Crippen molar-refractivity contribution in [1.29, 1.82) is 0 Å². The largest absolute Gasteiger partial charge is 0.493 e. The first-order valence-electron chi connectivity index (χ1n) is 5.79. The van der Waals surface area contributed by atoms with Gasteiger partial charge in [-0.2, -0.15) is 0 Å². The number of aromatic nitrogens is 2. The molecular weight excluding hydrogens is 214 g/mol. The molecule has 17 heavy (non-hydrogen) atoms. The molecule has 1 atom stereocenters. The summed E-state index contributed by atoms with van der Waals surface area (Å²) in [5.41, 5.74) is 7.76. The van der Waals surface area contributed by atoms with Crippen LogP contribution in [0.2, 0.25) is 0 Å². The number of rotatable bonds is 3. The fourth-order valence-corrected chi connectivity index (χ4v) is 2.25. The Labute approximate surface area is 100 Å². The second-order valence-corrected chi connectivity index (χ2v) is 4.31. The van der Waals surface area contributed by atoms with Gasteiger partial charge in [-0.05, 0) is 6.07 Å². The fourth-order valence-electron chi connectivity index (χ4n) is 2.25. The third-order valence-corrected chi connectivity index (χ3v) is 3.13. The van der Waals surface area contributed by atoms with Crippen LogP contribution < -0.4 is 10.5 Å². The van der Waals surface area contributed by atoms with E-state index in [1.807, 2.05) is 24.7 Å². The lowest BCUT2D eigenvalue weighted by atomic mass is 10.0. The van der Waals surface area contributed by atoms with E-state index >= 15 is 0 Å². The van der Waals surface area contributed by atoms with E-state index in [4.69, 9.17) is 10.5 Å². The molecule has 0 spiro atoms. The molecule has 0 fully saturated rings. The summed E-state index contributed by atoms with van der Waals surface area (Å²) in [6.45, 7) is 2.13. The first kappa shape index (κ1) is 10.4. The van der Waals surface area contributed by atoms with Gasteiger partial charge < -0.3 is 15.0 Å². The van der Waals surface area contributed by atoms with Gasteiger partial charge in [-0.15, -0.1) is 0 Å². The van der Waals surface area contributed by atoms with Gasteiger partial charge in [0.25, 0.3) is 0 Å². The number of para-hydroxylation sites is 1. The summed E-state index contributed by atoms with van der Waals surface area (Å²) >= 11 is 0. The Balaban J connectivity index is 1.79. The van der Waals surface area contributed by atoms with Crippen molar-refractivity contribution >= 4 is 0 Å². The summed E-state index contributed by atoms with van der Waals surface area (Å²) < 4.78 is 7.74. The van der Waals surface area contributed by atoms with E-state index in [9.17, 15) is 0 Å². The summed E-state index contributed by atoms with van der Waals surface area (Å²) in [7, 11) is 0. The Hall–Kier alpha value is -1.81. The van der Waals surface area contributed by atoms with Crippen molar-refractivity contribution in [2.45, 2.75) is 19.0 Å². The first-order chi connectivity index (χ1) is 8.36. The lowest BCUT2D eigenvalue weighted by Crippen LogP contribution is -2.09. The highest BCUT2D eigenvalue weighted by Crippen LogP contribution is 2.34. The number of hydrogen-bond acceptors (Lipinski definition) is 3. The maximum atomic E-state index is 5.66. The smallest absolute Gasteiger partial charge is 0.122 e. The number of hydrogen-bond donors (Lipinski definition) is 1. The van der Waals surface area contributed by atoms with Crippen molar-refractivity contribution in [3.8, 4) is 5.75 Å². The number of nitrogens with zero attached hydrogens (tertiary/aromatic N) is 2. The minimum absolute atomic E-state index is 0.408. The van der Waals surface area contributed by atoms with Crippen LogP contribution in [0, 0.1) is 0 Å². The highest BCUT2D eigenvalue weighted by Gasteiger charge is 2.23. The molecule has 0 bridgehead atoms. The van der Waals surface area contributed by atoms with Gasteiger partial charge >= 0.3 is 0 Å². The normalized spacial score (nSPS) is 17.8. The average molecular weight is 229 g/mol. The van der Waals surface area contributed by atoms with Crippen molar-refractivity contribution in [2.24, 2.45) is 5.73 Å². The van der Waals surface area contributed by atoms with Crippen LogP contribution in [0.15, 0.2) is 36.8 Å². The van der Waals surface area contributed by atoms with E-state index < -0.39 is 0 Å². The molecule has 88 valence electrons. The Kier molecular flexibility index (Phi) is 2.57. The van der Waals surface area contributed by atoms with E-state index in [0.29, 0.717) is 12.5 Å². The van der Waals surface area contributed by atoms with Gasteiger partial charge in [-0.1, -0.05) is 18.2 Å². The highest BCUT2D eigenvalue weighted by atomic mass is 16.5. The molecule has 3 rings (SSSR count). The van der Waals surface area contributed by atoms with E-state index in [0.717, 1.165) is 24.6 Å². The molecule has 0 saturated carbocycles. The van der Waals surface area contributed by atoms with Crippen molar-refractivity contribution < 1.29 is 4.74 Å². The second-order valence-electron chi connectivity index (χ2n) is 4.31. The van der Waals surface area contributed by atoms with Crippen LogP contribution in [0.4, 0.5) is 0 Å². The molecule has 1 aromatic heterocycles. The number of imidazole rings is 1. The van der Waals surface area contributed by atoms with Crippen LogP contribution in [0.25, 0.3) is 0 Å². The summed E-state index contributed by atoms with van der Waals surface area (Å²) in [6, 6.07) is 8.22. The van der Waals surface area contributed by atoms with Gasteiger partial charge in [-0.3, -0.25) is 0 Å². The molecule has 4 nitrogen and oxygen atoms in total. The lowest BCUT2D eigenvalue weighted by Gasteiger charge is -2.09. The summed E-state index contributed by atoms with van der Waals surface area (Å²) in [4.78, 5) is 4.23. The predicted octanol–water partition coefficient (Wildman–Crippen LogP) is 1.52. The second kappa shape index (κ2) is 4.22. The van der Waals surface area contributed by atoms with E-state index in [-0.39, 0.29) is 0 Å². The molecule has 1 aromatic carbocycles. The zero-order valence-corrected chi connectivity index (χ0v) is 9.54. The van der Waals surface area contributed by atoms with E-state index in [1.54, 1.807) is 0 Å². The van der Waals surface area contributed by atoms with Crippen molar-refractivity contribution in [3.05, 3.63) is 48.0 Å². The maximum Gasteiger partial charge on any atom is 0.122 e. The van der Waals surface area contributed by atoms with Crippen molar-refractivity contribution in [2.75, 3.05) is 6.61 Å². The van der Waals surface area contributed by atoms with Gasteiger partial charge in [0.2, 0.25) is 0 Å². The quantitative estimate of drug-likeness (QED) is 0.868. The average Bonchev–Trinajstić information content (AvgIpc) is 2.97. The zero-order valence-electron chi connectivity index (χ0n) is 9.54. The molecule has 0 aliphatic carbocycles. The van der Waals surface area contributed by atoms with E-state index in [2.05, 4.69) is 21.7 Å². The molecule has 1 aliphatic heterocycles. The third kappa shape index (κ3) is 1.91. The summed E-state index contributed by atoms with van der Waals surface area (Å²) in [5, 5.41) is 0. The SMILES string of the molecule is NCc1cn(CC2COc3ccccc32)cn1. The molecule has 0 radical (unpaired) electrons. The number of nitrogens with two attached hydrogens (primary N) is 1. The van der Waals surface area contributed by atoms with Gasteiger partial charge in [0, 0.05) is 30.8 Å². The summed E-state index contributed by atoms with van der Waals surface area (Å²) in [6.07, 6.45) is 3.84. The molecule has 2 N–H and O–H groups in total.